The minimum absolute atomic E-state index is 0.00448. The Bertz CT molecular complexity index is 1600. The Hall–Kier alpha value is -4.64. The molecule has 5 heteroatoms. The van der Waals surface area contributed by atoms with E-state index in [0.717, 1.165) is 41.5 Å². The van der Waals surface area contributed by atoms with Crippen molar-refractivity contribution in [2.24, 2.45) is 0 Å². The van der Waals surface area contributed by atoms with Crippen molar-refractivity contribution >= 4 is 22.7 Å². The van der Waals surface area contributed by atoms with Crippen LogP contribution < -0.4 is 0 Å². The number of amides is 2. The number of nitrogens with one attached hydrogen (secondary N) is 1. The maximum absolute atomic E-state index is 14.3. The number of carbonyl (C=O) groups excluding carboxylic acids is 2. The zero-order valence-electron chi connectivity index (χ0n) is 24.1. The molecule has 5 aromatic rings. The third kappa shape index (κ3) is 6.31. The highest BCUT2D eigenvalue weighted by molar-refractivity contribution is 5.91. The van der Waals surface area contributed by atoms with Gasteiger partial charge in [0.25, 0.3) is 0 Å². The van der Waals surface area contributed by atoms with E-state index in [1.807, 2.05) is 88.8 Å². The molecule has 1 aromatic heterocycles. The van der Waals surface area contributed by atoms with Crippen molar-refractivity contribution in [3.8, 4) is 0 Å². The number of hydrogen-bond acceptors (Lipinski definition) is 2. The van der Waals surface area contributed by atoms with Crippen LogP contribution in [0.2, 0.25) is 0 Å². The smallest absolute Gasteiger partial charge is 0.242 e. The average molecular weight is 556 g/mol. The van der Waals surface area contributed by atoms with Crippen LogP contribution >= 0.6 is 0 Å². The largest absolute Gasteiger partial charge is 0.361 e. The summed E-state index contributed by atoms with van der Waals surface area (Å²) in [5.41, 5.74) is 6.46. The van der Waals surface area contributed by atoms with E-state index in [2.05, 4.69) is 48.3 Å². The van der Waals surface area contributed by atoms with Crippen LogP contribution in [0.1, 0.15) is 46.6 Å². The number of aromatic nitrogens is 1. The average Bonchev–Trinajstić information content (AvgIpc) is 3.79. The van der Waals surface area contributed by atoms with Gasteiger partial charge in [-0.1, -0.05) is 109 Å². The van der Waals surface area contributed by atoms with Crippen molar-refractivity contribution in [3.63, 3.8) is 0 Å². The van der Waals surface area contributed by atoms with Crippen molar-refractivity contribution in [2.45, 2.75) is 44.7 Å². The topological polar surface area (TPSA) is 56.4 Å². The van der Waals surface area contributed by atoms with Gasteiger partial charge < -0.3 is 14.8 Å². The van der Waals surface area contributed by atoms with Gasteiger partial charge in [-0.25, -0.2) is 0 Å². The quantitative estimate of drug-likeness (QED) is 0.193. The van der Waals surface area contributed by atoms with E-state index < -0.39 is 5.92 Å². The van der Waals surface area contributed by atoms with Gasteiger partial charge in [-0.15, -0.1) is 0 Å². The van der Waals surface area contributed by atoms with E-state index in [1.54, 1.807) is 0 Å². The summed E-state index contributed by atoms with van der Waals surface area (Å²) in [5, 5.41) is 1.18. The number of H-pyrrole nitrogens is 1. The summed E-state index contributed by atoms with van der Waals surface area (Å²) < 4.78 is 0. The number of para-hydroxylation sites is 1. The van der Waals surface area contributed by atoms with E-state index >= 15 is 0 Å². The number of benzene rings is 4. The number of aromatic amines is 1. The molecular formula is C37H37N3O2. The summed E-state index contributed by atoms with van der Waals surface area (Å²) in [6.07, 6.45) is 4.64. The van der Waals surface area contributed by atoms with Crippen LogP contribution in [0.25, 0.3) is 10.9 Å². The third-order valence-corrected chi connectivity index (χ3v) is 8.26. The molecule has 5 nitrogen and oxygen atoms in total. The SMILES string of the molecule is Cc1ccc(CN(CCc2c[nH]c3ccccc23)C(=O)CN(C(=O)C(c2ccccc2)c2ccccc2)C2CC2)cc1. The van der Waals surface area contributed by atoms with E-state index in [1.165, 1.54) is 16.5 Å². The Balaban J connectivity index is 1.26. The van der Waals surface area contributed by atoms with E-state index in [0.29, 0.717) is 13.1 Å². The Morgan fingerprint density at radius 1 is 0.810 bits per heavy atom. The number of hydrogen-bond donors (Lipinski definition) is 1. The number of aryl methyl sites for hydroxylation is 1. The first-order valence-electron chi connectivity index (χ1n) is 14.9. The lowest BCUT2D eigenvalue weighted by molar-refractivity contribution is -0.141. The second-order valence-electron chi connectivity index (χ2n) is 11.4. The van der Waals surface area contributed by atoms with E-state index in [4.69, 9.17) is 0 Å². The predicted octanol–water partition coefficient (Wildman–Crippen LogP) is 6.87. The molecule has 0 bridgehead atoms. The summed E-state index contributed by atoms with van der Waals surface area (Å²) >= 11 is 0. The fraction of sp³-hybridized carbons (Fsp3) is 0.243. The molecule has 0 atom stereocenters. The lowest BCUT2D eigenvalue weighted by Gasteiger charge is -2.31. The molecule has 6 rings (SSSR count). The third-order valence-electron chi connectivity index (χ3n) is 8.26. The van der Waals surface area contributed by atoms with Crippen LogP contribution in [-0.2, 0) is 22.6 Å². The van der Waals surface area contributed by atoms with Gasteiger partial charge in [0.05, 0.1) is 5.92 Å². The summed E-state index contributed by atoms with van der Waals surface area (Å²) in [5.74, 6) is -0.469. The molecule has 1 N–H and O–H groups in total. The Morgan fingerprint density at radius 3 is 2.07 bits per heavy atom. The molecule has 0 aliphatic heterocycles. The lowest BCUT2D eigenvalue weighted by atomic mass is 9.90. The van der Waals surface area contributed by atoms with Crippen LogP contribution in [0.15, 0.2) is 115 Å². The Kier molecular flexibility index (Phi) is 8.18. The Morgan fingerprint density at radius 2 is 1.43 bits per heavy atom. The van der Waals surface area contributed by atoms with Gasteiger partial charge in [0.2, 0.25) is 11.8 Å². The zero-order chi connectivity index (χ0) is 28.9. The summed E-state index contributed by atoms with van der Waals surface area (Å²) in [7, 11) is 0. The van der Waals surface area contributed by atoms with Gasteiger partial charge in [0, 0.05) is 36.2 Å². The number of carbonyl (C=O) groups is 2. The minimum Gasteiger partial charge on any atom is -0.361 e. The molecule has 0 unspecified atom stereocenters. The molecule has 0 radical (unpaired) electrons. The fourth-order valence-electron chi connectivity index (χ4n) is 5.75. The maximum atomic E-state index is 14.3. The van der Waals surface area contributed by atoms with Gasteiger partial charge in [-0.05, 0) is 54.5 Å². The van der Waals surface area contributed by atoms with Gasteiger partial charge in [0.15, 0.2) is 0 Å². The summed E-state index contributed by atoms with van der Waals surface area (Å²) in [6, 6.07) is 36.6. The summed E-state index contributed by atoms with van der Waals surface area (Å²) in [4.78, 5) is 35.6. The van der Waals surface area contributed by atoms with E-state index in [-0.39, 0.29) is 24.4 Å². The lowest BCUT2D eigenvalue weighted by Crippen LogP contribution is -2.46. The molecule has 1 heterocycles. The first-order valence-corrected chi connectivity index (χ1v) is 14.9. The van der Waals surface area contributed by atoms with Crippen molar-refractivity contribution in [1.29, 1.82) is 0 Å². The minimum atomic E-state index is -0.447. The number of fused-ring (bicyclic) bond motifs is 1. The van der Waals surface area contributed by atoms with Crippen molar-refractivity contribution in [2.75, 3.05) is 13.1 Å². The molecule has 1 aliphatic carbocycles. The first-order chi connectivity index (χ1) is 20.6. The second-order valence-corrected chi connectivity index (χ2v) is 11.4. The molecule has 212 valence electrons. The molecule has 1 saturated carbocycles. The van der Waals surface area contributed by atoms with Gasteiger partial charge in [-0.3, -0.25) is 9.59 Å². The fourth-order valence-corrected chi connectivity index (χ4v) is 5.75. The molecule has 1 aliphatic rings. The van der Waals surface area contributed by atoms with Crippen LogP contribution in [0, 0.1) is 6.92 Å². The van der Waals surface area contributed by atoms with Crippen molar-refractivity contribution < 1.29 is 9.59 Å². The van der Waals surface area contributed by atoms with Crippen LogP contribution in [-0.4, -0.2) is 45.7 Å². The van der Waals surface area contributed by atoms with Crippen LogP contribution in [0.4, 0.5) is 0 Å². The second kappa shape index (κ2) is 12.5. The molecule has 1 fully saturated rings. The van der Waals surface area contributed by atoms with Gasteiger partial charge in [-0.2, -0.15) is 0 Å². The maximum Gasteiger partial charge on any atom is 0.242 e. The molecule has 0 spiro atoms. The summed E-state index contributed by atoms with van der Waals surface area (Å²) in [6.45, 7) is 3.23. The van der Waals surface area contributed by atoms with Crippen molar-refractivity contribution in [1.82, 2.24) is 14.8 Å². The number of nitrogens with zero attached hydrogens (tertiary/aromatic N) is 2. The Labute approximate surface area is 247 Å². The molecular weight excluding hydrogens is 518 g/mol. The van der Waals surface area contributed by atoms with Crippen LogP contribution in [0.5, 0.6) is 0 Å². The molecule has 0 saturated heterocycles. The molecule has 4 aromatic carbocycles. The monoisotopic (exact) mass is 555 g/mol. The predicted molar refractivity (Wildman–Crippen MR) is 168 cm³/mol. The van der Waals surface area contributed by atoms with Crippen LogP contribution in [0.3, 0.4) is 0 Å². The highest BCUT2D eigenvalue weighted by Gasteiger charge is 2.38. The van der Waals surface area contributed by atoms with Gasteiger partial charge >= 0.3 is 0 Å². The molecule has 42 heavy (non-hydrogen) atoms. The zero-order valence-corrected chi connectivity index (χ0v) is 24.1. The normalized spacial score (nSPS) is 12.9. The first kappa shape index (κ1) is 27.5. The van der Waals surface area contributed by atoms with Gasteiger partial charge in [0.1, 0.15) is 6.54 Å². The standard InChI is InChI=1S/C37H37N3O2/c1-27-16-18-28(19-17-27)25-39(23-22-31-24-38-34-15-9-8-14-33(31)34)35(41)26-40(32-20-21-32)37(42)36(29-10-4-2-5-11-29)30-12-6-3-7-13-30/h2-19,24,32,36,38H,20-23,25-26H2,1H3. The van der Waals surface area contributed by atoms with Crippen molar-refractivity contribution in [3.05, 3.63) is 143 Å². The van der Waals surface area contributed by atoms with E-state index in [9.17, 15) is 9.59 Å². The highest BCUT2D eigenvalue weighted by Crippen LogP contribution is 2.33. The number of rotatable bonds is 11. The molecule has 2 amide bonds. The highest BCUT2D eigenvalue weighted by atomic mass is 16.2.